The van der Waals surface area contributed by atoms with Gasteiger partial charge in [0.25, 0.3) is 12.3 Å². The molecule has 0 atom stereocenters. The molecule has 40 heavy (non-hydrogen) atoms. The van der Waals surface area contributed by atoms with E-state index in [2.05, 4.69) is 15.7 Å². The minimum absolute atomic E-state index is 0.388. The number of aryl methyl sites for hydroxylation is 1. The van der Waals surface area contributed by atoms with E-state index in [9.17, 15) is 8.78 Å². The molecule has 2 aliphatic rings. The number of benzene rings is 2. The highest BCUT2D eigenvalue weighted by molar-refractivity contribution is 5.95. The number of nitrogens with zero attached hydrogens (tertiary/aromatic N) is 6. The second-order valence-electron chi connectivity index (χ2n) is 10.8. The molecule has 3 aromatic heterocycles. The Labute approximate surface area is 230 Å². The van der Waals surface area contributed by atoms with Crippen LogP contribution in [0, 0.1) is 6.92 Å². The number of rotatable bonds is 9. The van der Waals surface area contributed by atoms with Crippen LogP contribution in [0.1, 0.15) is 48.9 Å². The maximum absolute atomic E-state index is 13.0. The average molecular weight is 545 g/mol. The molecule has 0 radical (unpaired) electrons. The molecule has 8 nitrogen and oxygen atoms in total. The van der Waals surface area contributed by atoms with Crippen LogP contribution in [0.3, 0.4) is 0 Å². The fraction of sp³-hybridized carbons (Fsp3) is 0.367. The van der Waals surface area contributed by atoms with Crippen LogP contribution >= 0.6 is 0 Å². The molecule has 10 heteroatoms. The number of imidazole rings is 1. The van der Waals surface area contributed by atoms with Crippen LogP contribution in [-0.4, -0.2) is 49.3 Å². The third-order valence-corrected chi connectivity index (χ3v) is 7.69. The third kappa shape index (κ3) is 4.31. The van der Waals surface area contributed by atoms with Gasteiger partial charge in [0, 0.05) is 35.8 Å². The van der Waals surface area contributed by atoms with Crippen molar-refractivity contribution < 1.29 is 18.3 Å². The number of aromatic nitrogens is 6. The van der Waals surface area contributed by atoms with Gasteiger partial charge in [-0.1, -0.05) is 18.2 Å². The lowest BCUT2D eigenvalue weighted by Gasteiger charge is -2.13. The van der Waals surface area contributed by atoms with Crippen molar-refractivity contribution in [2.24, 2.45) is 7.05 Å². The largest absolute Gasteiger partial charge is 0.487 e. The van der Waals surface area contributed by atoms with Crippen molar-refractivity contribution in [3.05, 3.63) is 60.0 Å². The SMILES string of the molecule is COc1nn(C2CC2)cc1-n1cc2c(-c3nc(-c4ccc(C)cc4OCC(F)F)n(C)c3C3CC3)cccc2n1. The summed E-state index contributed by atoms with van der Waals surface area (Å²) in [7, 11) is 3.62. The van der Waals surface area contributed by atoms with Gasteiger partial charge in [-0.05, 0) is 56.4 Å². The third-order valence-electron chi connectivity index (χ3n) is 7.69. The van der Waals surface area contributed by atoms with E-state index in [0.29, 0.717) is 35.0 Å². The fourth-order valence-corrected chi connectivity index (χ4v) is 5.43. The molecule has 0 N–H and O–H groups in total. The number of ether oxygens (including phenoxy) is 2. The fourth-order valence-electron chi connectivity index (χ4n) is 5.43. The lowest BCUT2D eigenvalue weighted by Crippen LogP contribution is -2.08. The van der Waals surface area contributed by atoms with Crippen molar-refractivity contribution in [2.45, 2.75) is 51.0 Å². The zero-order chi connectivity index (χ0) is 27.5. The standard InChI is InChI=1S/C30H30F2N6O2/c1-17-7-12-21(25(13-17)40-16-26(31)32)29-33-27(28(36(29)2)18-8-9-18)20-5-4-6-23-22(20)14-38(34-23)24-15-37(19-10-11-19)35-30(24)39-3/h4-7,12-15,18-19,26H,8-11,16H2,1-3H3. The van der Waals surface area contributed by atoms with E-state index in [1.807, 2.05) is 60.0 Å². The Bertz CT molecular complexity index is 1730. The Morgan fingerprint density at radius 2 is 1.85 bits per heavy atom. The van der Waals surface area contributed by atoms with Gasteiger partial charge >= 0.3 is 0 Å². The second-order valence-corrected chi connectivity index (χ2v) is 10.8. The zero-order valence-corrected chi connectivity index (χ0v) is 22.6. The summed E-state index contributed by atoms with van der Waals surface area (Å²) in [6.07, 6.45) is 5.86. The Hall–Kier alpha value is -4.21. The van der Waals surface area contributed by atoms with E-state index in [0.717, 1.165) is 64.8 Å². The van der Waals surface area contributed by atoms with Gasteiger partial charge in [0.15, 0.2) is 0 Å². The summed E-state index contributed by atoms with van der Waals surface area (Å²) < 4.78 is 43.1. The van der Waals surface area contributed by atoms with Crippen LogP contribution in [0.5, 0.6) is 11.6 Å². The molecule has 206 valence electrons. The molecule has 0 saturated heterocycles. The molecule has 7 rings (SSSR count). The Kier molecular flexibility index (Phi) is 5.87. The minimum Gasteiger partial charge on any atom is -0.487 e. The number of alkyl halides is 2. The molecular weight excluding hydrogens is 514 g/mol. The van der Waals surface area contributed by atoms with Crippen molar-refractivity contribution in [3.8, 4) is 40.0 Å². The van der Waals surface area contributed by atoms with Crippen LogP contribution in [0.15, 0.2) is 48.8 Å². The van der Waals surface area contributed by atoms with E-state index in [1.54, 1.807) is 13.2 Å². The predicted molar refractivity (Wildman–Crippen MR) is 148 cm³/mol. The van der Waals surface area contributed by atoms with E-state index < -0.39 is 13.0 Å². The Balaban J connectivity index is 1.36. The van der Waals surface area contributed by atoms with Crippen LogP contribution in [0.25, 0.3) is 39.2 Å². The van der Waals surface area contributed by atoms with Gasteiger partial charge < -0.3 is 14.0 Å². The van der Waals surface area contributed by atoms with Crippen LogP contribution in [0.4, 0.5) is 8.78 Å². The smallest absolute Gasteiger partial charge is 0.272 e. The molecule has 5 aromatic rings. The predicted octanol–water partition coefficient (Wildman–Crippen LogP) is 6.46. The molecular formula is C30H30F2N6O2. The maximum Gasteiger partial charge on any atom is 0.272 e. The van der Waals surface area contributed by atoms with Crippen LogP contribution < -0.4 is 9.47 Å². The summed E-state index contributed by atoms with van der Waals surface area (Å²) in [6.45, 7) is 1.25. The second kappa shape index (κ2) is 9.46. The Morgan fingerprint density at radius 3 is 2.58 bits per heavy atom. The highest BCUT2D eigenvalue weighted by Crippen LogP contribution is 2.47. The lowest BCUT2D eigenvalue weighted by atomic mass is 10.0. The molecule has 0 bridgehead atoms. The van der Waals surface area contributed by atoms with Crippen molar-refractivity contribution in [2.75, 3.05) is 13.7 Å². The van der Waals surface area contributed by atoms with E-state index >= 15 is 0 Å². The van der Waals surface area contributed by atoms with Gasteiger partial charge in [-0.2, -0.15) is 5.10 Å². The minimum atomic E-state index is -2.56. The van der Waals surface area contributed by atoms with Crippen molar-refractivity contribution in [3.63, 3.8) is 0 Å². The van der Waals surface area contributed by atoms with Crippen molar-refractivity contribution >= 4 is 10.9 Å². The number of hydrogen-bond acceptors (Lipinski definition) is 5. The monoisotopic (exact) mass is 544 g/mol. The number of hydrogen-bond donors (Lipinski definition) is 0. The molecule has 0 spiro atoms. The van der Waals surface area contributed by atoms with E-state index in [1.165, 1.54) is 0 Å². The number of fused-ring (bicyclic) bond motifs is 1. The molecule has 2 aliphatic carbocycles. The van der Waals surface area contributed by atoms with E-state index in [4.69, 9.17) is 19.6 Å². The van der Waals surface area contributed by atoms with Gasteiger partial charge in [-0.3, -0.25) is 4.68 Å². The molecule has 2 saturated carbocycles. The number of halogens is 2. The Morgan fingerprint density at radius 1 is 1.02 bits per heavy atom. The molecule has 0 unspecified atom stereocenters. The first kappa shape index (κ1) is 24.8. The van der Waals surface area contributed by atoms with Crippen LogP contribution in [-0.2, 0) is 7.05 Å². The first-order chi connectivity index (χ1) is 19.4. The summed E-state index contributed by atoms with van der Waals surface area (Å²) in [5.41, 5.74) is 6.25. The molecule has 2 aromatic carbocycles. The summed E-state index contributed by atoms with van der Waals surface area (Å²) >= 11 is 0. The average Bonchev–Trinajstić information content (AvgIpc) is 3.85. The number of methoxy groups -OCH3 is 1. The maximum atomic E-state index is 13.0. The molecule has 2 fully saturated rings. The van der Waals surface area contributed by atoms with Crippen molar-refractivity contribution in [1.82, 2.24) is 29.1 Å². The summed E-state index contributed by atoms with van der Waals surface area (Å²) in [4.78, 5) is 5.15. The van der Waals surface area contributed by atoms with E-state index in [-0.39, 0.29) is 0 Å². The zero-order valence-electron chi connectivity index (χ0n) is 22.6. The first-order valence-corrected chi connectivity index (χ1v) is 13.6. The first-order valence-electron chi connectivity index (χ1n) is 13.6. The molecule has 0 amide bonds. The summed E-state index contributed by atoms with van der Waals surface area (Å²) in [5.74, 6) is 2.03. The van der Waals surface area contributed by atoms with Gasteiger partial charge in [-0.25, -0.2) is 18.4 Å². The van der Waals surface area contributed by atoms with Gasteiger partial charge in [0.1, 0.15) is 23.9 Å². The van der Waals surface area contributed by atoms with Gasteiger partial charge in [0.2, 0.25) is 0 Å². The van der Waals surface area contributed by atoms with Crippen LogP contribution in [0.2, 0.25) is 0 Å². The van der Waals surface area contributed by atoms with Gasteiger partial charge in [0.05, 0.1) is 36.1 Å². The molecule has 3 heterocycles. The lowest BCUT2D eigenvalue weighted by molar-refractivity contribution is 0.0821. The summed E-state index contributed by atoms with van der Waals surface area (Å²) in [6, 6.07) is 12.1. The quantitative estimate of drug-likeness (QED) is 0.213. The normalized spacial score (nSPS) is 15.3. The molecule has 0 aliphatic heterocycles. The van der Waals surface area contributed by atoms with Gasteiger partial charge in [-0.15, -0.1) is 5.10 Å². The van der Waals surface area contributed by atoms with Crippen molar-refractivity contribution in [1.29, 1.82) is 0 Å². The highest BCUT2D eigenvalue weighted by Gasteiger charge is 2.33. The highest BCUT2D eigenvalue weighted by atomic mass is 19.3. The topological polar surface area (TPSA) is 71.9 Å². The summed E-state index contributed by atoms with van der Waals surface area (Å²) in [5, 5.41) is 10.4.